The van der Waals surface area contributed by atoms with E-state index in [0.717, 1.165) is 47.9 Å². The van der Waals surface area contributed by atoms with Crippen LogP contribution in [0.2, 0.25) is 0 Å². The van der Waals surface area contributed by atoms with Gasteiger partial charge in [-0.25, -0.2) is 19.6 Å². The molecule has 2 fully saturated rings. The number of amides is 4. The van der Waals surface area contributed by atoms with Gasteiger partial charge >= 0.3 is 18.4 Å². The second-order valence-electron chi connectivity index (χ2n) is 15.0. The lowest BCUT2D eigenvalue weighted by Gasteiger charge is -2.34. The minimum atomic E-state index is -4.49. The van der Waals surface area contributed by atoms with Crippen LogP contribution < -0.4 is 5.32 Å². The molecule has 0 spiro atoms. The van der Waals surface area contributed by atoms with Gasteiger partial charge in [0.2, 0.25) is 11.8 Å². The van der Waals surface area contributed by atoms with E-state index in [2.05, 4.69) is 30.0 Å². The number of alkyl halides is 3. The van der Waals surface area contributed by atoms with Gasteiger partial charge in [0.1, 0.15) is 23.7 Å². The van der Waals surface area contributed by atoms with E-state index in [1.54, 1.807) is 19.4 Å². The molecule has 2 aromatic carbocycles. The van der Waals surface area contributed by atoms with Crippen LogP contribution in [0.3, 0.4) is 0 Å². The molecule has 17 heteroatoms. The first kappa shape index (κ1) is 41.8. The Bertz CT molecular complexity index is 2070. The van der Waals surface area contributed by atoms with Crippen molar-refractivity contribution in [2.75, 3.05) is 34.4 Å². The zero-order valence-electron chi connectivity index (χ0n) is 33.1. The van der Waals surface area contributed by atoms with Gasteiger partial charge in [-0.3, -0.25) is 14.5 Å². The summed E-state index contributed by atoms with van der Waals surface area (Å²) in [6.07, 6.45) is -1.67. The van der Waals surface area contributed by atoms with Crippen molar-refractivity contribution in [3.63, 3.8) is 0 Å². The van der Waals surface area contributed by atoms with Crippen molar-refractivity contribution < 1.29 is 41.8 Å². The predicted molar refractivity (Wildman–Crippen MR) is 208 cm³/mol. The molecule has 0 bridgehead atoms. The number of nitrogens with zero attached hydrogens (tertiary/aromatic N) is 5. The van der Waals surface area contributed by atoms with Gasteiger partial charge in [-0.2, -0.15) is 13.2 Å². The summed E-state index contributed by atoms with van der Waals surface area (Å²) >= 11 is 0. The van der Waals surface area contributed by atoms with E-state index in [1.807, 2.05) is 67.3 Å². The number of carbonyl (C=O) groups excluding carboxylic acids is 4. The lowest BCUT2D eigenvalue weighted by Crippen LogP contribution is -2.51. The molecule has 2 aromatic heterocycles. The highest BCUT2D eigenvalue weighted by Gasteiger charge is 2.41. The van der Waals surface area contributed by atoms with Crippen molar-refractivity contribution in [3.8, 4) is 33.6 Å². The smallest absolute Gasteiger partial charge is 0.409 e. The Morgan fingerprint density at radius 1 is 0.793 bits per heavy atom. The summed E-state index contributed by atoms with van der Waals surface area (Å²) in [6.45, 7) is 4.70. The number of aromatic nitrogens is 4. The number of rotatable bonds is 12. The van der Waals surface area contributed by atoms with Crippen LogP contribution in [0.15, 0.2) is 60.9 Å². The molecule has 0 saturated carbocycles. The highest BCUT2D eigenvalue weighted by molar-refractivity contribution is 5.87. The van der Waals surface area contributed by atoms with E-state index in [4.69, 9.17) is 4.74 Å². The Labute approximate surface area is 334 Å². The number of nitrogens with one attached hydrogen (secondary N) is 3. The molecule has 14 nitrogen and oxygen atoms in total. The standard InChI is InChI=1S/C41H49F3N8O6/c1-24(2)34(50(3)40(56)58-5)38(54)52-21-7-9-33(52)36-46-23-31(48-36)28-16-12-26(13-17-28)25-10-14-27(15-11-25)30-22-45-35(47-30)32-8-6-20-51(32)37(53)29(49-39(55)57-4)18-19-41(42,43)44/h10-17,22-24,29,32-34H,6-9,18-21H2,1-5H3,(H,45,47)(H,46,48)(H,49,55)/t29-,32-,33-,34-/m0/s1. The van der Waals surface area contributed by atoms with Gasteiger partial charge in [-0.1, -0.05) is 62.4 Å². The average Bonchev–Trinajstić information content (AvgIpc) is 4.05. The Kier molecular flexibility index (Phi) is 12.8. The van der Waals surface area contributed by atoms with Crippen LogP contribution in [0.5, 0.6) is 0 Å². The number of likely N-dealkylation sites (tertiary alicyclic amines) is 2. The third-order valence-corrected chi connectivity index (χ3v) is 10.9. The van der Waals surface area contributed by atoms with E-state index in [0.29, 0.717) is 43.3 Å². The van der Waals surface area contributed by atoms with Crippen molar-refractivity contribution in [1.29, 1.82) is 0 Å². The molecule has 4 atom stereocenters. The maximum absolute atomic E-state index is 13.7. The van der Waals surface area contributed by atoms with Crippen LogP contribution >= 0.6 is 0 Å². The highest BCUT2D eigenvalue weighted by atomic mass is 19.4. The zero-order chi connectivity index (χ0) is 41.7. The van der Waals surface area contributed by atoms with E-state index in [1.165, 1.54) is 16.9 Å². The Balaban J connectivity index is 1.11. The average molecular weight is 807 g/mol. The minimum Gasteiger partial charge on any atom is -0.453 e. The molecule has 0 unspecified atom stereocenters. The second kappa shape index (κ2) is 17.7. The van der Waals surface area contributed by atoms with E-state index < -0.39 is 55.2 Å². The first-order valence-corrected chi connectivity index (χ1v) is 19.3. The Morgan fingerprint density at radius 2 is 1.26 bits per heavy atom. The molecule has 58 heavy (non-hydrogen) atoms. The topological polar surface area (TPSA) is 166 Å². The van der Waals surface area contributed by atoms with Gasteiger partial charge in [0.15, 0.2) is 0 Å². The SMILES string of the molecule is COC(=O)N[C@@H](CCC(F)(F)F)C(=O)N1CCC[C@H]1c1ncc(-c2ccc(-c3ccc(-c4cnc([C@@H]5CCCN5C(=O)[C@H](C(C)C)N(C)C(=O)OC)[nH]4)cc3)cc2)[nH]1. The molecule has 4 heterocycles. The highest BCUT2D eigenvalue weighted by Crippen LogP contribution is 2.36. The fourth-order valence-electron chi connectivity index (χ4n) is 7.91. The maximum atomic E-state index is 13.7. The summed E-state index contributed by atoms with van der Waals surface area (Å²) in [6, 6.07) is 13.1. The maximum Gasteiger partial charge on any atom is 0.409 e. The molecule has 4 aromatic rings. The van der Waals surface area contributed by atoms with E-state index in [-0.39, 0.29) is 17.9 Å². The number of hydrogen-bond acceptors (Lipinski definition) is 8. The number of aromatic amines is 2. The molecule has 3 N–H and O–H groups in total. The van der Waals surface area contributed by atoms with Crippen LogP contribution in [0.1, 0.15) is 76.1 Å². The van der Waals surface area contributed by atoms with E-state index in [9.17, 15) is 32.3 Å². The number of alkyl carbamates (subject to hydrolysis) is 1. The number of hydrogen-bond donors (Lipinski definition) is 3. The summed E-state index contributed by atoms with van der Waals surface area (Å²) in [5.41, 5.74) is 5.28. The number of likely N-dealkylation sites (N-methyl/N-ethyl adjacent to an activating group) is 1. The second-order valence-corrected chi connectivity index (χ2v) is 15.0. The lowest BCUT2D eigenvalue weighted by molar-refractivity contribution is -0.143. The summed E-state index contributed by atoms with van der Waals surface area (Å²) in [5.74, 6) is 0.332. The zero-order valence-corrected chi connectivity index (χ0v) is 33.1. The molecular formula is C41H49F3N8O6. The van der Waals surface area contributed by atoms with Crippen molar-refractivity contribution in [2.24, 2.45) is 5.92 Å². The number of imidazole rings is 2. The third kappa shape index (κ3) is 9.29. The monoisotopic (exact) mass is 806 g/mol. The van der Waals surface area contributed by atoms with Crippen molar-refractivity contribution in [1.82, 2.24) is 40.0 Å². The van der Waals surface area contributed by atoms with Crippen LogP contribution in [0.4, 0.5) is 22.8 Å². The van der Waals surface area contributed by atoms with E-state index >= 15 is 0 Å². The quantitative estimate of drug-likeness (QED) is 0.135. The Morgan fingerprint density at radius 3 is 1.69 bits per heavy atom. The summed E-state index contributed by atoms with van der Waals surface area (Å²) < 4.78 is 48.5. The fraction of sp³-hybridized carbons (Fsp3) is 0.463. The van der Waals surface area contributed by atoms with Gasteiger partial charge in [-0.15, -0.1) is 0 Å². The number of ether oxygens (including phenoxy) is 2. The Hall–Kier alpha value is -5.87. The molecule has 4 amide bonds. The predicted octanol–water partition coefficient (Wildman–Crippen LogP) is 7.25. The van der Waals surface area contributed by atoms with Crippen LogP contribution in [-0.4, -0.2) is 111 Å². The first-order chi connectivity index (χ1) is 27.7. The summed E-state index contributed by atoms with van der Waals surface area (Å²) in [7, 11) is 3.97. The number of carbonyl (C=O) groups is 4. The number of methoxy groups -OCH3 is 2. The van der Waals surface area contributed by atoms with Crippen LogP contribution in [-0.2, 0) is 19.1 Å². The van der Waals surface area contributed by atoms with Gasteiger partial charge in [0.25, 0.3) is 0 Å². The molecule has 0 radical (unpaired) electrons. The molecule has 2 aliphatic heterocycles. The molecule has 310 valence electrons. The van der Waals surface area contributed by atoms with Crippen molar-refractivity contribution in [2.45, 2.75) is 82.7 Å². The van der Waals surface area contributed by atoms with Crippen molar-refractivity contribution >= 4 is 24.0 Å². The van der Waals surface area contributed by atoms with Crippen molar-refractivity contribution in [3.05, 3.63) is 72.6 Å². The lowest BCUT2D eigenvalue weighted by atomic mass is 10.0. The normalized spacial score (nSPS) is 17.9. The number of halogens is 3. The third-order valence-electron chi connectivity index (χ3n) is 10.9. The number of H-pyrrole nitrogens is 2. The van der Waals surface area contributed by atoms with Gasteiger partial charge < -0.3 is 34.6 Å². The first-order valence-electron chi connectivity index (χ1n) is 19.3. The molecule has 2 saturated heterocycles. The van der Waals surface area contributed by atoms with Gasteiger partial charge in [0.05, 0.1) is 50.1 Å². The molecule has 0 aliphatic carbocycles. The van der Waals surface area contributed by atoms with Gasteiger partial charge in [-0.05, 0) is 60.3 Å². The molecular weight excluding hydrogens is 757 g/mol. The number of benzene rings is 2. The molecule has 2 aliphatic rings. The minimum absolute atomic E-state index is 0.116. The summed E-state index contributed by atoms with van der Waals surface area (Å²) in [4.78, 5) is 71.9. The molecule has 6 rings (SSSR count). The van der Waals surface area contributed by atoms with Crippen LogP contribution in [0.25, 0.3) is 33.6 Å². The summed E-state index contributed by atoms with van der Waals surface area (Å²) in [5, 5.41) is 2.27. The fourth-order valence-corrected chi connectivity index (χ4v) is 7.91. The van der Waals surface area contributed by atoms with Crippen LogP contribution in [0, 0.1) is 5.92 Å². The largest absolute Gasteiger partial charge is 0.453 e. The van der Waals surface area contributed by atoms with Gasteiger partial charge in [0, 0.05) is 26.6 Å².